The van der Waals surface area contributed by atoms with Crippen molar-refractivity contribution in [3.8, 4) is 0 Å². The molecular formula is C11H19N3O3. The number of hydrogen-bond donors (Lipinski definition) is 1. The topological polar surface area (TPSA) is 83.4 Å². The van der Waals surface area contributed by atoms with Crippen molar-refractivity contribution in [1.29, 1.82) is 0 Å². The smallest absolute Gasteiger partial charge is 0.230 e. The van der Waals surface area contributed by atoms with Gasteiger partial charge in [0.25, 0.3) is 0 Å². The largest absolute Gasteiger partial charge is 0.381 e. The van der Waals surface area contributed by atoms with E-state index in [4.69, 9.17) is 19.7 Å². The first kappa shape index (κ1) is 12.5. The highest BCUT2D eigenvalue weighted by Gasteiger charge is 2.39. The zero-order chi connectivity index (χ0) is 12.3. The second kappa shape index (κ2) is 5.12. The Bertz CT molecular complexity index is 361. The number of rotatable bonds is 4. The molecule has 1 atom stereocenters. The molecule has 0 aromatic carbocycles. The maximum atomic E-state index is 5.60. The van der Waals surface area contributed by atoms with E-state index in [1.54, 1.807) is 7.11 Å². The van der Waals surface area contributed by atoms with Crippen LogP contribution >= 0.6 is 0 Å². The SMILES string of the molecule is COC1(c2noc(C(C)CN)n2)CCOCC1. The summed E-state index contributed by atoms with van der Waals surface area (Å²) in [4.78, 5) is 4.41. The van der Waals surface area contributed by atoms with Gasteiger partial charge in [-0.15, -0.1) is 0 Å². The molecule has 0 radical (unpaired) electrons. The number of nitrogens with zero attached hydrogens (tertiary/aromatic N) is 2. The van der Waals surface area contributed by atoms with Gasteiger partial charge in [-0.1, -0.05) is 12.1 Å². The second-order valence-electron chi connectivity index (χ2n) is 4.40. The minimum atomic E-state index is -0.464. The van der Waals surface area contributed by atoms with Gasteiger partial charge in [0.1, 0.15) is 5.60 Å². The molecular weight excluding hydrogens is 222 g/mol. The molecule has 0 spiro atoms. The normalized spacial score (nSPS) is 21.4. The Hall–Kier alpha value is -0.980. The van der Waals surface area contributed by atoms with Crippen LogP contribution in [-0.2, 0) is 15.1 Å². The Morgan fingerprint density at radius 2 is 2.18 bits per heavy atom. The quantitative estimate of drug-likeness (QED) is 0.838. The molecule has 1 aromatic heterocycles. The zero-order valence-corrected chi connectivity index (χ0v) is 10.3. The van der Waals surface area contributed by atoms with E-state index in [0.29, 0.717) is 31.5 Å². The van der Waals surface area contributed by atoms with E-state index in [2.05, 4.69) is 10.1 Å². The molecule has 6 nitrogen and oxygen atoms in total. The van der Waals surface area contributed by atoms with Crippen molar-refractivity contribution in [3.63, 3.8) is 0 Å². The van der Waals surface area contributed by atoms with Crippen LogP contribution in [0.25, 0.3) is 0 Å². The van der Waals surface area contributed by atoms with Crippen molar-refractivity contribution < 1.29 is 14.0 Å². The molecule has 6 heteroatoms. The maximum Gasteiger partial charge on any atom is 0.230 e. The predicted molar refractivity (Wildman–Crippen MR) is 60.5 cm³/mol. The fourth-order valence-corrected chi connectivity index (χ4v) is 1.94. The summed E-state index contributed by atoms with van der Waals surface area (Å²) in [5.74, 6) is 1.26. The number of ether oxygens (including phenoxy) is 2. The highest BCUT2D eigenvalue weighted by molar-refractivity contribution is 5.04. The minimum absolute atomic E-state index is 0.0741. The van der Waals surface area contributed by atoms with Crippen LogP contribution in [0.3, 0.4) is 0 Å². The van der Waals surface area contributed by atoms with Crippen molar-refractivity contribution >= 4 is 0 Å². The van der Waals surface area contributed by atoms with Crippen LogP contribution in [0, 0.1) is 0 Å². The van der Waals surface area contributed by atoms with E-state index in [1.807, 2.05) is 6.92 Å². The van der Waals surface area contributed by atoms with Gasteiger partial charge < -0.3 is 19.7 Å². The maximum absolute atomic E-state index is 5.60. The zero-order valence-electron chi connectivity index (χ0n) is 10.3. The Kier molecular flexibility index (Phi) is 3.76. The molecule has 1 aromatic rings. The first-order valence-electron chi connectivity index (χ1n) is 5.89. The first-order chi connectivity index (χ1) is 8.22. The molecule has 1 aliphatic rings. The third kappa shape index (κ3) is 2.34. The van der Waals surface area contributed by atoms with Gasteiger partial charge in [0.2, 0.25) is 11.7 Å². The van der Waals surface area contributed by atoms with Gasteiger partial charge in [-0.05, 0) is 0 Å². The molecule has 1 fully saturated rings. The fraction of sp³-hybridized carbons (Fsp3) is 0.818. The Balaban J connectivity index is 2.22. The lowest BCUT2D eigenvalue weighted by Gasteiger charge is -2.32. The van der Waals surface area contributed by atoms with Crippen LogP contribution in [0.1, 0.15) is 37.4 Å². The lowest BCUT2D eigenvalue weighted by Crippen LogP contribution is -2.36. The fourth-order valence-electron chi connectivity index (χ4n) is 1.94. The van der Waals surface area contributed by atoms with E-state index in [9.17, 15) is 0 Å². The summed E-state index contributed by atoms with van der Waals surface area (Å²) in [5, 5.41) is 4.03. The number of methoxy groups -OCH3 is 1. The summed E-state index contributed by atoms with van der Waals surface area (Å²) in [6.45, 7) is 3.76. The molecule has 0 aliphatic carbocycles. The predicted octanol–water partition coefficient (Wildman–Crippen LogP) is 0.784. The van der Waals surface area contributed by atoms with Crippen LogP contribution in [-0.4, -0.2) is 37.0 Å². The van der Waals surface area contributed by atoms with Gasteiger partial charge in [0.05, 0.1) is 0 Å². The summed E-state index contributed by atoms with van der Waals surface area (Å²) in [5.41, 5.74) is 5.11. The van der Waals surface area contributed by atoms with E-state index in [-0.39, 0.29) is 5.92 Å². The van der Waals surface area contributed by atoms with E-state index in [1.165, 1.54) is 0 Å². The molecule has 0 amide bonds. The average molecular weight is 241 g/mol. The number of aromatic nitrogens is 2. The third-order valence-electron chi connectivity index (χ3n) is 3.32. The van der Waals surface area contributed by atoms with Crippen molar-refractivity contribution in [1.82, 2.24) is 10.1 Å². The summed E-state index contributed by atoms with van der Waals surface area (Å²) in [6, 6.07) is 0. The Morgan fingerprint density at radius 3 is 2.76 bits per heavy atom. The summed E-state index contributed by atoms with van der Waals surface area (Å²) in [6.07, 6.45) is 1.50. The van der Waals surface area contributed by atoms with Gasteiger partial charge >= 0.3 is 0 Å². The van der Waals surface area contributed by atoms with Crippen molar-refractivity contribution in [3.05, 3.63) is 11.7 Å². The van der Waals surface area contributed by atoms with Gasteiger partial charge in [-0.25, -0.2) is 0 Å². The molecule has 2 N–H and O–H groups in total. The molecule has 17 heavy (non-hydrogen) atoms. The Labute approximate surface area is 100 Å². The number of hydrogen-bond acceptors (Lipinski definition) is 6. The van der Waals surface area contributed by atoms with Crippen molar-refractivity contribution in [2.24, 2.45) is 5.73 Å². The van der Waals surface area contributed by atoms with Crippen LogP contribution in [0.5, 0.6) is 0 Å². The molecule has 0 saturated carbocycles. The highest BCUT2D eigenvalue weighted by atomic mass is 16.5. The van der Waals surface area contributed by atoms with Gasteiger partial charge in [0.15, 0.2) is 0 Å². The first-order valence-corrected chi connectivity index (χ1v) is 5.89. The van der Waals surface area contributed by atoms with Crippen LogP contribution in [0.15, 0.2) is 4.52 Å². The van der Waals surface area contributed by atoms with E-state index < -0.39 is 5.60 Å². The third-order valence-corrected chi connectivity index (χ3v) is 3.32. The highest BCUT2D eigenvalue weighted by Crippen LogP contribution is 2.34. The van der Waals surface area contributed by atoms with Crippen LogP contribution in [0.2, 0.25) is 0 Å². The van der Waals surface area contributed by atoms with Crippen LogP contribution < -0.4 is 5.73 Å². The Morgan fingerprint density at radius 1 is 1.47 bits per heavy atom. The van der Waals surface area contributed by atoms with Gasteiger partial charge in [-0.2, -0.15) is 4.98 Å². The molecule has 96 valence electrons. The molecule has 1 saturated heterocycles. The molecule has 2 rings (SSSR count). The lowest BCUT2D eigenvalue weighted by atomic mass is 9.93. The molecule has 1 aliphatic heterocycles. The van der Waals surface area contributed by atoms with E-state index >= 15 is 0 Å². The lowest BCUT2D eigenvalue weighted by molar-refractivity contribution is -0.101. The molecule has 1 unspecified atom stereocenters. The standard InChI is InChI=1S/C11H19N3O3/c1-8(7-12)9-13-10(14-17-9)11(15-2)3-5-16-6-4-11/h8H,3-7,12H2,1-2H3. The number of nitrogens with two attached hydrogens (primary N) is 1. The van der Waals surface area contributed by atoms with Crippen molar-refractivity contribution in [2.45, 2.75) is 31.3 Å². The summed E-state index contributed by atoms with van der Waals surface area (Å²) >= 11 is 0. The average Bonchev–Trinajstić information content (AvgIpc) is 2.88. The van der Waals surface area contributed by atoms with Gasteiger partial charge in [0, 0.05) is 45.6 Å². The monoisotopic (exact) mass is 241 g/mol. The summed E-state index contributed by atoms with van der Waals surface area (Å²) in [7, 11) is 1.67. The van der Waals surface area contributed by atoms with E-state index in [0.717, 1.165) is 12.8 Å². The minimum Gasteiger partial charge on any atom is -0.381 e. The van der Waals surface area contributed by atoms with Crippen LogP contribution in [0.4, 0.5) is 0 Å². The second-order valence-corrected chi connectivity index (χ2v) is 4.40. The molecule has 2 heterocycles. The summed E-state index contributed by atoms with van der Waals surface area (Å²) < 4.78 is 16.2. The van der Waals surface area contributed by atoms with Crippen molar-refractivity contribution in [2.75, 3.05) is 26.9 Å². The molecule has 0 bridgehead atoms. The van der Waals surface area contributed by atoms with Gasteiger partial charge in [-0.3, -0.25) is 0 Å².